The molecule has 194 valence electrons. The molecule has 1 aromatic carbocycles. The molecule has 0 radical (unpaired) electrons. The van der Waals surface area contributed by atoms with Crippen LogP contribution in [0.15, 0.2) is 18.2 Å². The summed E-state index contributed by atoms with van der Waals surface area (Å²) in [6.45, 7) is 10.3. The number of nitrogens with zero attached hydrogens (tertiary/aromatic N) is 2. The van der Waals surface area contributed by atoms with Gasteiger partial charge in [0.15, 0.2) is 0 Å². The fraction of sp³-hybridized carbons (Fsp3) is 0.583. The molecule has 0 saturated carbocycles. The molecule has 0 aromatic heterocycles. The zero-order chi connectivity index (χ0) is 26.3. The Balaban J connectivity index is 2.22. The number of likely N-dealkylation sites (N-methyl/N-ethyl adjacent to an activating group) is 1. The molecule has 35 heavy (non-hydrogen) atoms. The molecule has 2 atom stereocenters. The first kappa shape index (κ1) is 28.0. The van der Waals surface area contributed by atoms with Gasteiger partial charge in [-0.05, 0) is 45.5 Å². The van der Waals surface area contributed by atoms with Gasteiger partial charge < -0.3 is 30.5 Å². The number of carbonyl (C=O) groups excluding carboxylic acids is 4. The maximum absolute atomic E-state index is 14.8. The van der Waals surface area contributed by atoms with Gasteiger partial charge >= 0.3 is 6.09 Å². The third kappa shape index (κ3) is 8.82. The van der Waals surface area contributed by atoms with Gasteiger partial charge in [-0.15, -0.1) is 0 Å². The minimum atomic E-state index is -0.979. The number of alkyl carbamates (subject to hydrolysis) is 1. The third-order valence-electron chi connectivity index (χ3n) is 5.54. The highest BCUT2D eigenvalue weighted by Crippen LogP contribution is 2.26. The average molecular weight is 494 g/mol. The Labute approximate surface area is 205 Å². The average Bonchev–Trinajstić information content (AvgIpc) is 2.76. The predicted molar refractivity (Wildman–Crippen MR) is 129 cm³/mol. The molecule has 4 amide bonds. The maximum atomic E-state index is 14.8. The van der Waals surface area contributed by atoms with Crippen molar-refractivity contribution in [2.45, 2.75) is 52.2 Å². The van der Waals surface area contributed by atoms with Crippen molar-refractivity contribution in [3.8, 4) is 0 Å². The molecule has 1 saturated heterocycles. The van der Waals surface area contributed by atoms with Crippen LogP contribution in [0.4, 0.5) is 14.9 Å². The molecule has 1 aliphatic rings. The monoisotopic (exact) mass is 493 g/mol. The minimum absolute atomic E-state index is 0.0571. The number of ether oxygens (including phenoxy) is 1. The summed E-state index contributed by atoms with van der Waals surface area (Å²) in [5.41, 5.74) is -0.345. The number of rotatable bonds is 7. The summed E-state index contributed by atoms with van der Waals surface area (Å²) in [5, 5.41) is 7.41. The van der Waals surface area contributed by atoms with Crippen molar-refractivity contribution in [2.24, 2.45) is 0 Å². The molecule has 0 spiro atoms. The van der Waals surface area contributed by atoms with Crippen LogP contribution >= 0.6 is 0 Å². The molecular formula is C24H36FN5O5. The van der Waals surface area contributed by atoms with E-state index < -0.39 is 35.4 Å². The van der Waals surface area contributed by atoms with Crippen LogP contribution in [0.2, 0.25) is 0 Å². The molecular weight excluding hydrogens is 457 g/mol. The quantitative estimate of drug-likeness (QED) is 0.532. The zero-order valence-electron chi connectivity index (χ0n) is 21.2. The number of hydrogen-bond acceptors (Lipinski definition) is 6. The number of nitrogens with one attached hydrogen (secondary N) is 3. The summed E-state index contributed by atoms with van der Waals surface area (Å²) in [6.07, 6.45) is -0.737. The lowest BCUT2D eigenvalue weighted by atomic mass is 9.91. The van der Waals surface area contributed by atoms with E-state index in [-0.39, 0.29) is 24.0 Å². The van der Waals surface area contributed by atoms with Crippen molar-refractivity contribution in [3.05, 3.63) is 29.6 Å². The number of anilines is 1. The molecule has 0 bridgehead atoms. The van der Waals surface area contributed by atoms with E-state index in [0.29, 0.717) is 31.7 Å². The highest BCUT2D eigenvalue weighted by atomic mass is 19.1. The van der Waals surface area contributed by atoms with Crippen LogP contribution in [0.3, 0.4) is 0 Å². The van der Waals surface area contributed by atoms with E-state index >= 15 is 0 Å². The van der Waals surface area contributed by atoms with Crippen LogP contribution in [0.25, 0.3) is 0 Å². The summed E-state index contributed by atoms with van der Waals surface area (Å²) >= 11 is 0. The summed E-state index contributed by atoms with van der Waals surface area (Å²) in [5.74, 6) is -2.51. The van der Waals surface area contributed by atoms with E-state index in [1.54, 1.807) is 38.7 Å². The van der Waals surface area contributed by atoms with Crippen molar-refractivity contribution >= 4 is 29.5 Å². The largest absolute Gasteiger partial charge is 0.444 e. The summed E-state index contributed by atoms with van der Waals surface area (Å²) in [4.78, 5) is 52.6. The Morgan fingerprint density at radius 1 is 1.11 bits per heavy atom. The standard InChI is InChI=1S/C24H36FN5O5/c1-15(17-7-8-19(18(25)13-17)27-20(32)14-26-16(2)31)21(28-23(34)35-24(3,4)5)22(33)30-11-9-29(6)10-12-30/h7-8,13,15,21H,9-12,14H2,1-6H3,(H,26,31)(H,27,32)(H,28,34)/t15-,21+/m0/s1. The van der Waals surface area contributed by atoms with Gasteiger partial charge in [0.25, 0.3) is 0 Å². The van der Waals surface area contributed by atoms with Gasteiger partial charge in [-0.3, -0.25) is 14.4 Å². The lowest BCUT2D eigenvalue weighted by Gasteiger charge is -2.36. The van der Waals surface area contributed by atoms with E-state index in [4.69, 9.17) is 4.74 Å². The molecule has 1 heterocycles. The number of carbonyl (C=O) groups is 4. The third-order valence-corrected chi connectivity index (χ3v) is 5.54. The highest BCUT2D eigenvalue weighted by molar-refractivity contribution is 5.94. The molecule has 11 heteroatoms. The van der Waals surface area contributed by atoms with Crippen LogP contribution in [-0.4, -0.2) is 85.0 Å². The number of benzene rings is 1. The van der Waals surface area contributed by atoms with Crippen molar-refractivity contribution < 1.29 is 28.3 Å². The summed E-state index contributed by atoms with van der Waals surface area (Å²) in [6, 6.07) is 3.22. The molecule has 0 aliphatic carbocycles. The Bertz CT molecular complexity index is 941. The Morgan fingerprint density at radius 3 is 2.29 bits per heavy atom. The van der Waals surface area contributed by atoms with Gasteiger partial charge in [0.2, 0.25) is 17.7 Å². The van der Waals surface area contributed by atoms with Gasteiger partial charge in [0.05, 0.1) is 12.2 Å². The second-order valence-corrected chi connectivity index (χ2v) is 9.74. The Hall–Kier alpha value is -3.21. The molecule has 3 N–H and O–H groups in total. The number of halogens is 1. The maximum Gasteiger partial charge on any atom is 0.408 e. The highest BCUT2D eigenvalue weighted by Gasteiger charge is 2.34. The number of amides is 4. The smallest absolute Gasteiger partial charge is 0.408 e. The second kappa shape index (κ2) is 12.0. The summed E-state index contributed by atoms with van der Waals surface area (Å²) in [7, 11) is 1.97. The van der Waals surface area contributed by atoms with Gasteiger partial charge in [-0.2, -0.15) is 0 Å². The lowest BCUT2D eigenvalue weighted by molar-refractivity contribution is -0.135. The van der Waals surface area contributed by atoms with Crippen LogP contribution in [0, 0.1) is 5.82 Å². The first-order chi connectivity index (χ1) is 16.3. The normalized spacial score (nSPS) is 16.1. The van der Waals surface area contributed by atoms with Gasteiger partial charge in [0, 0.05) is 39.0 Å². The minimum Gasteiger partial charge on any atom is -0.444 e. The Kier molecular flexibility index (Phi) is 9.58. The van der Waals surface area contributed by atoms with Crippen molar-refractivity contribution in [1.82, 2.24) is 20.4 Å². The molecule has 2 rings (SSSR count). The molecule has 1 fully saturated rings. The first-order valence-corrected chi connectivity index (χ1v) is 11.6. The summed E-state index contributed by atoms with van der Waals surface area (Å²) < 4.78 is 20.2. The second-order valence-electron chi connectivity index (χ2n) is 9.74. The number of hydrogen-bond donors (Lipinski definition) is 3. The SMILES string of the molecule is CC(=O)NCC(=O)Nc1ccc([C@H](C)[C@@H](NC(=O)OC(C)(C)C)C(=O)N2CCN(C)CC2)cc1F. The number of piperazine rings is 1. The molecule has 1 aromatic rings. The van der Waals surface area contributed by atoms with Gasteiger partial charge in [0.1, 0.15) is 17.5 Å². The van der Waals surface area contributed by atoms with E-state index in [2.05, 4.69) is 20.9 Å². The zero-order valence-corrected chi connectivity index (χ0v) is 21.2. The van der Waals surface area contributed by atoms with E-state index in [1.807, 2.05) is 7.05 Å². The topological polar surface area (TPSA) is 120 Å². The van der Waals surface area contributed by atoms with Gasteiger partial charge in [-0.1, -0.05) is 13.0 Å². The first-order valence-electron chi connectivity index (χ1n) is 11.6. The van der Waals surface area contributed by atoms with Crippen LogP contribution in [-0.2, 0) is 19.1 Å². The van der Waals surface area contributed by atoms with Crippen LogP contribution in [0.1, 0.15) is 46.1 Å². The Morgan fingerprint density at radius 2 is 1.74 bits per heavy atom. The van der Waals surface area contributed by atoms with Crippen LogP contribution < -0.4 is 16.0 Å². The predicted octanol–water partition coefficient (Wildman–Crippen LogP) is 1.67. The van der Waals surface area contributed by atoms with Crippen molar-refractivity contribution in [1.29, 1.82) is 0 Å². The van der Waals surface area contributed by atoms with Crippen molar-refractivity contribution in [2.75, 3.05) is 45.1 Å². The molecule has 10 nitrogen and oxygen atoms in total. The molecule has 1 aliphatic heterocycles. The van der Waals surface area contributed by atoms with E-state index in [0.717, 1.165) is 0 Å². The fourth-order valence-electron chi connectivity index (χ4n) is 3.57. The van der Waals surface area contributed by atoms with E-state index in [9.17, 15) is 23.6 Å². The van der Waals surface area contributed by atoms with Crippen molar-refractivity contribution in [3.63, 3.8) is 0 Å². The fourth-order valence-corrected chi connectivity index (χ4v) is 3.57. The van der Waals surface area contributed by atoms with E-state index in [1.165, 1.54) is 19.1 Å². The van der Waals surface area contributed by atoms with Crippen LogP contribution in [0.5, 0.6) is 0 Å². The lowest BCUT2D eigenvalue weighted by Crippen LogP contribution is -2.56. The van der Waals surface area contributed by atoms with Gasteiger partial charge in [-0.25, -0.2) is 9.18 Å². The molecule has 0 unspecified atom stereocenters.